The first kappa shape index (κ1) is 19.8. The van der Waals surface area contributed by atoms with E-state index in [4.69, 9.17) is 17.0 Å². The summed E-state index contributed by atoms with van der Waals surface area (Å²) in [6, 6.07) is 13.4. The van der Waals surface area contributed by atoms with Gasteiger partial charge in [0.25, 0.3) is 0 Å². The van der Waals surface area contributed by atoms with E-state index in [2.05, 4.69) is 10.2 Å². The number of rotatable bonds is 6. The maximum absolute atomic E-state index is 13.3. The largest absolute Gasteiger partial charge is 0.493 e. The number of thiophene rings is 1. The summed E-state index contributed by atoms with van der Waals surface area (Å²) in [5.74, 6) is 1.99. The van der Waals surface area contributed by atoms with Crippen LogP contribution in [0.5, 0.6) is 5.75 Å². The average molecular weight is 429 g/mol. The number of carbonyl (C=O) groups excluding carboxylic acids is 1. The molecule has 1 amide bonds. The number of benzene rings is 1. The smallest absolute Gasteiger partial charge is 0.245 e. The lowest BCUT2D eigenvalue weighted by Crippen LogP contribution is -2.44. The first-order chi connectivity index (χ1) is 14.1. The SMILES string of the molecule is CC(C(=O)N1CCCC(COc2ccccc2)C1)n1c(-c2cccs2)n[nH]c1=S. The lowest BCUT2D eigenvalue weighted by molar-refractivity contribution is -0.136. The van der Waals surface area contributed by atoms with Gasteiger partial charge in [0.1, 0.15) is 11.8 Å². The van der Waals surface area contributed by atoms with E-state index in [9.17, 15) is 4.79 Å². The molecule has 0 bridgehead atoms. The van der Waals surface area contributed by atoms with E-state index in [1.54, 1.807) is 11.3 Å². The molecular weight excluding hydrogens is 404 g/mol. The first-order valence-corrected chi connectivity index (χ1v) is 11.1. The van der Waals surface area contributed by atoms with Crippen molar-refractivity contribution in [3.8, 4) is 16.5 Å². The quantitative estimate of drug-likeness (QED) is 0.585. The molecule has 29 heavy (non-hydrogen) atoms. The molecule has 1 aliphatic rings. The van der Waals surface area contributed by atoms with Crippen LogP contribution in [0.1, 0.15) is 25.8 Å². The van der Waals surface area contributed by atoms with Crippen LogP contribution in [-0.4, -0.2) is 45.3 Å². The monoisotopic (exact) mass is 428 g/mol. The standard InChI is InChI=1S/C21H24N4O2S2/c1-15(25-19(22-23-21(25)28)18-10-6-12-29-18)20(26)24-11-5-7-16(13-24)14-27-17-8-3-2-4-9-17/h2-4,6,8-10,12,15-16H,5,7,11,13-14H2,1H3,(H,23,28). The lowest BCUT2D eigenvalue weighted by atomic mass is 9.98. The molecule has 8 heteroatoms. The highest BCUT2D eigenvalue weighted by atomic mass is 32.1. The zero-order valence-electron chi connectivity index (χ0n) is 16.3. The van der Waals surface area contributed by atoms with Crippen LogP contribution < -0.4 is 4.74 Å². The third-order valence-corrected chi connectivity index (χ3v) is 6.40. The highest BCUT2D eigenvalue weighted by Crippen LogP contribution is 2.27. The number of carbonyl (C=O) groups is 1. The van der Waals surface area contributed by atoms with Gasteiger partial charge in [-0.25, -0.2) is 0 Å². The number of piperidine rings is 1. The van der Waals surface area contributed by atoms with Gasteiger partial charge in [0.15, 0.2) is 10.6 Å². The van der Waals surface area contributed by atoms with Crippen molar-refractivity contribution in [1.82, 2.24) is 19.7 Å². The number of ether oxygens (including phenoxy) is 1. The number of aromatic amines is 1. The highest BCUT2D eigenvalue weighted by molar-refractivity contribution is 7.71. The molecule has 1 saturated heterocycles. The van der Waals surface area contributed by atoms with Crippen molar-refractivity contribution in [2.75, 3.05) is 19.7 Å². The Hall–Kier alpha value is -2.45. The van der Waals surface area contributed by atoms with Gasteiger partial charge in [-0.1, -0.05) is 24.3 Å². The molecule has 3 heterocycles. The number of likely N-dealkylation sites (tertiary alicyclic amines) is 1. The number of hydrogen-bond donors (Lipinski definition) is 1. The molecule has 1 aromatic carbocycles. The van der Waals surface area contributed by atoms with E-state index in [1.807, 2.05) is 64.2 Å². The van der Waals surface area contributed by atoms with Crippen LogP contribution in [0.4, 0.5) is 0 Å². The first-order valence-electron chi connectivity index (χ1n) is 9.81. The minimum atomic E-state index is -0.410. The molecule has 2 atom stereocenters. The molecule has 1 fully saturated rings. The summed E-state index contributed by atoms with van der Waals surface area (Å²) in [5, 5.41) is 9.19. The topological polar surface area (TPSA) is 63.1 Å². The summed E-state index contributed by atoms with van der Waals surface area (Å²) in [6.07, 6.45) is 2.05. The molecular formula is C21H24N4O2S2. The molecule has 0 saturated carbocycles. The summed E-state index contributed by atoms with van der Waals surface area (Å²) >= 11 is 7.00. The van der Waals surface area contributed by atoms with Gasteiger partial charge >= 0.3 is 0 Å². The fourth-order valence-electron chi connectivity index (χ4n) is 3.75. The Labute approximate surface area is 179 Å². The normalized spacial score (nSPS) is 17.8. The molecule has 2 unspecified atom stereocenters. The van der Waals surface area contributed by atoms with E-state index in [1.165, 1.54) is 0 Å². The summed E-state index contributed by atoms with van der Waals surface area (Å²) in [4.78, 5) is 16.2. The van der Waals surface area contributed by atoms with Gasteiger partial charge in [-0.15, -0.1) is 11.3 Å². The molecule has 0 radical (unpaired) electrons. The van der Waals surface area contributed by atoms with Gasteiger partial charge in [-0.2, -0.15) is 5.10 Å². The van der Waals surface area contributed by atoms with Gasteiger partial charge in [0, 0.05) is 19.0 Å². The second kappa shape index (κ2) is 8.92. The summed E-state index contributed by atoms with van der Waals surface area (Å²) < 4.78 is 8.21. The average Bonchev–Trinajstić information content (AvgIpc) is 3.42. The van der Waals surface area contributed by atoms with Crippen LogP contribution in [0, 0.1) is 10.7 Å². The Bertz CT molecular complexity index is 997. The Kier molecular flexibility index (Phi) is 6.10. The number of nitrogens with zero attached hydrogens (tertiary/aromatic N) is 3. The Morgan fingerprint density at radius 1 is 1.34 bits per heavy atom. The Morgan fingerprint density at radius 3 is 2.93 bits per heavy atom. The van der Waals surface area contributed by atoms with E-state index in [0.717, 1.165) is 30.0 Å². The van der Waals surface area contributed by atoms with Gasteiger partial charge in [-0.05, 0) is 55.6 Å². The number of H-pyrrole nitrogens is 1. The molecule has 4 rings (SSSR count). The van der Waals surface area contributed by atoms with Gasteiger partial charge < -0.3 is 9.64 Å². The number of para-hydroxylation sites is 1. The van der Waals surface area contributed by atoms with Crippen molar-refractivity contribution in [2.24, 2.45) is 5.92 Å². The van der Waals surface area contributed by atoms with Crippen molar-refractivity contribution >= 4 is 29.5 Å². The van der Waals surface area contributed by atoms with Crippen LogP contribution in [0.2, 0.25) is 0 Å². The zero-order chi connectivity index (χ0) is 20.2. The molecule has 3 aromatic rings. The molecule has 2 aromatic heterocycles. The Balaban J connectivity index is 1.44. The van der Waals surface area contributed by atoms with Crippen LogP contribution in [0.15, 0.2) is 47.8 Å². The van der Waals surface area contributed by atoms with Crippen LogP contribution in [0.3, 0.4) is 0 Å². The third kappa shape index (κ3) is 4.43. The molecule has 6 nitrogen and oxygen atoms in total. The zero-order valence-corrected chi connectivity index (χ0v) is 17.9. The third-order valence-electron chi connectivity index (χ3n) is 5.25. The van der Waals surface area contributed by atoms with Crippen LogP contribution in [0.25, 0.3) is 10.7 Å². The van der Waals surface area contributed by atoms with Gasteiger partial charge in [-0.3, -0.25) is 14.5 Å². The molecule has 1 N–H and O–H groups in total. The fraction of sp³-hybridized carbons (Fsp3) is 0.381. The number of amides is 1. The van der Waals surface area contributed by atoms with Crippen molar-refractivity contribution in [2.45, 2.75) is 25.8 Å². The van der Waals surface area contributed by atoms with E-state index in [0.29, 0.717) is 29.7 Å². The van der Waals surface area contributed by atoms with Gasteiger partial charge in [0.05, 0.1) is 11.5 Å². The fourth-order valence-corrected chi connectivity index (χ4v) is 4.75. The minimum absolute atomic E-state index is 0.0738. The predicted molar refractivity (Wildman–Crippen MR) is 117 cm³/mol. The predicted octanol–water partition coefficient (Wildman–Crippen LogP) is 4.55. The molecule has 1 aliphatic heterocycles. The maximum Gasteiger partial charge on any atom is 0.245 e. The molecule has 0 spiro atoms. The number of aromatic nitrogens is 3. The number of nitrogens with one attached hydrogen (secondary N) is 1. The summed E-state index contributed by atoms with van der Waals surface area (Å²) in [5.41, 5.74) is 0. The van der Waals surface area contributed by atoms with Crippen molar-refractivity contribution in [3.63, 3.8) is 0 Å². The van der Waals surface area contributed by atoms with Crippen molar-refractivity contribution in [3.05, 3.63) is 52.6 Å². The second-order valence-corrected chi connectivity index (χ2v) is 8.63. The highest BCUT2D eigenvalue weighted by Gasteiger charge is 2.30. The minimum Gasteiger partial charge on any atom is -0.493 e. The number of hydrogen-bond acceptors (Lipinski definition) is 5. The van der Waals surface area contributed by atoms with Crippen molar-refractivity contribution < 1.29 is 9.53 Å². The molecule has 0 aliphatic carbocycles. The van der Waals surface area contributed by atoms with Crippen LogP contribution in [-0.2, 0) is 4.79 Å². The van der Waals surface area contributed by atoms with Crippen LogP contribution >= 0.6 is 23.6 Å². The summed E-state index contributed by atoms with van der Waals surface area (Å²) in [6.45, 7) is 3.99. The lowest BCUT2D eigenvalue weighted by Gasteiger charge is -2.34. The maximum atomic E-state index is 13.3. The van der Waals surface area contributed by atoms with E-state index in [-0.39, 0.29) is 5.91 Å². The summed E-state index contributed by atoms with van der Waals surface area (Å²) in [7, 11) is 0. The van der Waals surface area contributed by atoms with Crippen molar-refractivity contribution in [1.29, 1.82) is 0 Å². The Morgan fingerprint density at radius 2 is 2.17 bits per heavy atom. The van der Waals surface area contributed by atoms with Gasteiger partial charge in [0.2, 0.25) is 5.91 Å². The second-order valence-electron chi connectivity index (χ2n) is 7.29. The van der Waals surface area contributed by atoms with E-state index >= 15 is 0 Å². The van der Waals surface area contributed by atoms with E-state index < -0.39 is 6.04 Å². The molecule has 152 valence electrons.